The van der Waals surface area contributed by atoms with Crippen LogP contribution in [-0.4, -0.2) is 38.0 Å². The van der Waals surface area contributed by atoms with Crippen molar-refractivity contribution >= 4 is 57.7 Å². The second kappa shape index (κ2) is 6.11. The van der Waals surface area contributed by atoms with Crippen LogP contribution in [0, 0.1) is 0 Å². The van der Waals surface area contributed by atoms with Gasteiger partial charge in [-0.2, -0.15) is 13.2 Å². The molecule has 1 rings (SSSR count). The average Bonchev–Trinajstić information content (AvgIpc) is 2.06. The molecule has 1 aromatic carbocycles. The zero-order valence-corrected chi connectivity index (χ0v) is 11.7. The van der Waals surface area contributed by atoms with Gasteiger partial charge in [-0.15, -0.1) is 0 Å². The summed E-state index contributed by atoms with van der Waals surface area (Å²) >= 11 is 5.49. The predicted octanol–water partition coefficient (Wildman–Crippen LogP) is 1.92. The first-order valence-corrected chi connectivity index (χ1v) is 5.14. The van der Waals surface area contributed by atoms with Crippen molar-refractivity contribution in [3.63, 3.8) is 0 Å². The smallest absolute Gasteiger partial charge is 0.284 e. The molecule has 0 atom stereocenters. The van der Waals surface area contributed by atoms with E-state index in [1.54, 1.807) is 0 Å². The summed E-state index contributed by atoms with van der Waals surface area (Å²) in [5, 5.41) is -0.0952. The maximum absolute atomic E-state index is 12.2. The van der Waals surface area contributed by atoms with Gasteiger partial charge in [-0.05, 0) is 18.2 Å². The third-order valence-corrected chi connectivity index (χ3v) is 2.26. The van der Waals surface area contributed by atoms with Gasteiger partial charge in [0.25, 0.3) is 0 Å². The average molecular weight is 283 g/mol. The quantitative estimate of drug-likeness (QED) is 0.643. The summed E-state index contributed by atoms with van der Waals surface area (Å²) in [5.74, 6) is 0. The maximum Gasteiger partial charge on any atom is 0.416 e. The molecule has 1 aromatic rings. The van der Waals surface area contributed by atoms with Crippen molar-refractivity contribution in [2.75, 3.05) is 4.72 Å². The van der Waals surface area contributed by atoms with Crippen LogP contribution >= 0.6 is 11.6 Å². The molecule has 3 nitrogen and oxygen atoms in total. The van der Waals surface area contributed by atoms with Gasteiger partial charge in [-0.1, -0.05) is 11.6 Å². The Bertz CT molecular complexity index is 442. The van der Waals surface area contributed by atoms with Gasteiger partial charge in [0, 0.05) is 29.6 Å². The van der Waals surface area contributed by atoms with E-state index >= 15 is 0 Å². The van der Waals surface area contributed by atoms with E-state index in [4.69, 9.17) is 11.6 Å². The summed E-state index contributed by atoms with van der Waals surface area (Å²) in [7, 11) is -3.04. The number of alkyl halides is 3. The number of hydrogen-bond acceptors (Lipinski definition) is 2. The van der Waals surface area contributed by atoms with Crippen molar-refractivity contribution in [3.05, 3.63) is 28.8 Å². The second-order valence-corrected chi connectivity index (χ2v) is 3.71. The summed E-state index contributed by atoms with van der Waals surface area (Å²) in [5.41, 5.74) is -1.26. The number of rotatable bonds is 2. The Kier molecular flexibility index (Phi) is 6.13. The minimum absolute atomic E-state index is 0. The van der Waals surface area contributed by atoms with Crippen LogP contribution < -0.4 is 4.72 Å². The number of benzene rings is 1. The van der Waals surface area contributed by atoms with Crippen molar-refractivity contribution in [2.45, 2.75) is 6.18 Å². The molecule has 1 N–H and O–H groups in total. The zero-order chi connectivity index (χ0) is 11.6. The van der Waals surface area contributed by atoms with Crippen molar-refractivity contribution < 1.29 is 21.6 Å². The van der Waals surface area contributed by atoms with Gasteiger partial charge in [0.05, 0.1) is 16.3 Å². The Morgan fingerprint density at radius 3 is 2.25 bits per heavy atom. The predicted molar refractivity (Wildman–Crippen MR) is 56.1 cm³/mol. The Morgan fingerprint density at radius 2 is 1.81 bits per heavy atom. The monoisotopic (exact) mass is 282 g/mol. The molecule has 0 saturated carbocycles. The van der Waals surface area contributed by atoms with E-state index in [-0.39, 0.29) is 40.3 Å². The van der Waals surface area contributed by atoms with E-state index in [1.165, 1.54) is 0 Å². The van der Waals surface area contributed by atoms with Crippen LogP contribution in [0.2, 0.25) is 5.02 Å². The van der Waals surface area contributed by atoms with Crippen LogP contribution in [0.1, 0.15) is 5.56 Å². The molecule has 0 spiro atoms. The number of hydrogen-bond donors (Lipinski definition) is 2. The first kappa shape index (κ1) is 16.1. The summed E-state index contributed by atoms with van der Waals surface area (Å²) < 4.78 is 59.0. The van der Waals surface area contributed by atoms with Crippen molar-refractivity contribution in [3.8, 4) is 0 Å². The molecule has 1 radical (unpaired) electrons. The van der Waals surface area contributed by atoms with Crippen LogP contribution in [0.3, 0.4) is 0 Å². The summed E-state index contributed by atoms with van der Waals surface area (Å²) in [6.45, 7) is 0. The Morgan fingerprint density at radius 1 is 1.25 bits per heavy atom. The molecular weight excluding hydrogens is 278 g/mol. The fourth-order valence-electron chi connectivity index (χ4n) is 0.886. The SMILES string of the molecule is O=[SH](=O)Nc1cc(C(F)(F)F)ccc1Cl.[Na]. The summed E-state index contributed by atoms with van der Waals surface area (Å²) in [4.78, 5) is 0. The Balaban J connectivity index is 0.00000225. The van der Waals surface area contributed by atoms with Crippen LogP contribution in [0.5, 0.6) is 0 Å². The van der Waals surface area contributed by atoms with Gasteiger partial charge in [0.2, 0.25) is 10.9 Å². The van der Waals surface area contributed by atoms with Crippen molar-refractivity contribution in [1.29, 1.82) is 0 Å². The molecule has 16 heavy (non-hydrogen) atoms. The van der Waals surface area contributed by atoms with Crippen molar-refractivity contribution in [2.24, 2.45) is 0 Å². The number of halogens is 4. The van der Waals surface area contributed by atoms with E-state index in [2.05, 4.69) is 0 Å². The first-order valence-electron chi connectivity index (χ1n) is 3.58. The third-order valence-electron chi connectivity index (χ3n) is 1.51. The first-order chi connectivity index (χ1) is 6.80. The topological polar surface area (TPSA) is 46.2 Å². The molecule has 0 heterocycles. The fraction of sp³-hybridized carbons (Fsp3) is 0.143. The molecule has 0 aliphatic heterocycles. The molecule has 0 fully saturated rings. The van der Waals surface area contributed by atoms with Crippen LogP contribution in [0.4, 0.5) is 18.9 Å². The Hall–Kier alpha value is 0.0500. The van der Waals surface area contributed by atoms with E-state index in [0.717, 1.165) is 12.1 Å². The van der Waals surface area contributed by atoms with Gasteiger partial charge in [-0.3, -0.25) is 4.72 Å². The standard InChI is InChI=1S/C7H5ClF3NO2S.Na/c8-5-2-1-4(7(9,10)11)3-6(5)12-15(13)14;/h1-3,15H,(H,12,13,14);. The molecule has 0 unspecified atom stereocenters. The molecular formula is C7H5ClF3NNaO2S. The number of nitrogens with one attached hydrogen (secondary N) is 1. The van der Waals surface area contributed by atoms with Crippen LogP contribution in [-0.2, 0) is 17.1 Å². The van der Waals surface area contributed by atoms with E-state index in [1.807, 2.05) is 4.72 Å². The molecule has 0 aromatic heterocycles. The molecule has 0 aliphatic carbocycles. The van der Waals surface area contributed by atoms with Gasteiger partial charge in [0.15, 0.2) is 0 Å². The number of anilines is 1. The van der Waals surface area contributed by atoms with Gasteiger partial charge < -0.3 is 0 Å². The Labute approximate surface area is 118 Å². The van der Waals surface area contributed by atoms with Gasteiger partial charge >= 0.3 is 6.18 Å². The molecule has 0 aliphatic rings. The van der Waals surface area contributed by atoms with Gasteiger partial charge in [-0.25, -0.2) is 8.42 Å². The maximum atomic E-state index is 12.2. The van der Waals surface area contributed by atoms with E-state index < -0.39 is 22.6 Å². The molecule has 0 amide bonds. The van der Waals surface area contributed by atoms with E-state index in [0.29, 0.717) is 6.07 Å². The largest absolute Gasteiger partial charge is 0.416 e. The molecule has 0 bridgehead atoms. The zero-order valence-electron chi connectivity index (χ0n) is 8.01. The minimum Gasteiger partial charge on any atom is -0.284 e. The van der Waals surface area contributed by atoms with Crippen molar-refractivity contribution in [1.82, 2.24) is 0 Å². The second-order valence-electron chi connectivity index (χ2n) is 2.56. The fourth-order valence-corrected chi connectivity index (χ4v) is 1.50. The third kappa shape index (κ3) is 4.50. The normalized spacial score (nSPS) is 11.1. The van der Waals surface area contributed by atoms with Gasteiger partial charge in [0.1, 0.15) is 0 Å². The summed E-state index contributed by atoms with van der Waals surface area (Å²) in [6.07, 6.45) is -4.53. The van der Waals surface area contributed by atoms with E-state index in [9.17, 15) is 21.6 Å². The summed E-state index contributed by atoms with van der Waals surface area (Å²) in [6, 6.07) is 2.38. The van der Waals surface area contributed by atoms with Crippen LogP contribution in [0.15, 0.2) is 18.2 Å². The molecule has 85 valence electrons. The van der Waals surface area contributed by atoms with Crippen LogP contribution in [0.25, 0.3) is 0 Å². The molecule has 9 heteroatoms. The molecule has 0 saturated heterocycles. The number of thiol groups is 1. The minimum atomic E-state index is -4.53.